The number of nitrogens with zero attached hydrogens (tertiary/aromatic N) is 1. The zero-order valence-electron chi connectivity index (χ0n) is 8.93. The van der Waals surface area contributed by atoms with Gasteiger partial charge in [0.25, 0.3) is 0 Å². The summed E-state index contributed by atoms with van der Waals surface area (Å²) in [6.07, 6.45) is 1.61. The Kier molecular flexibility index (Phi) is 4.63. The highest BCUT2D eigenvalue weighted by Crippen LogP contribution is 2.27. The van der Waals surface area contributed by atoms with Crippen LogP contribution in [0.3, 0.4) is 0 Å². The molecule has 15 heavy (non-hydrogen) atoms. The van der Waals surface area contributed by atoms with Crippen LogP contribution in [-0.4, -0.2) is 38.7 Å². The summed E-state index contributed by atoms with van der Waals surface area (Å²) in [6, 6.07) is 5.27. The molecule has 0 bridgehead atoms. The molecule has 0 aliphatic heterocycles. The smallest absolute Gasteiger partial charge is 0.166 e. The third kappa shape index (κ3) is 3.25. The maximum Gasteiger partial charge on any atom is 0.166 e. The quantitative estimate of drug-likeness (QED) is 0.590. The number of ether oxygens (including phenoxy) is 2. The molecule has 0 saturated heterocycles. The fraction of sp³-hybridized carbons (Fsp3) is 0.364. The van der Waals surface area contributed by atoms with Gasteiger partial charge in [0.05, 0.1) is 20.3 Å². The molecule has 0 unspecified atom stereocenters. The number of phenols is 1. The molecule has 0 aromatic heterocycles. The lowest BCUT2D eigenvalue weighted by atomic mass is 10.2. The molecule has 0 amide bonds. The average molecular weight is 209 g/mol. The van der Waals surface area contributed by atoms with Gasteiger partial charge in [-0.3, -0.25) is 4.99 Å². The molecule has 0 atom stereocenters. The van der Waals surface area contributed by atoms with Crippen molar-refractivity contribution in [3.8, 4) is 11.5 Å². The van der Waals surface area contributed by atoms with E-state index in [9.17, 15) is 5.11 Å². The molecule has 0 radical (unpaired) electrons. The molecule has 0 spiro atoms. The van der Waals surface area contributed by atoms with Crippen molar-refractivity contribution in [2.24, 2.45) is 4.99 Å². The van der Waals surface area contributed by atoms with Gasteiger partial charge in [0.2, 0.25) is 0 Å². The second-order valence-corrected chi connectivity index (χ2v) is 2.93. The van der Waals surface area contributed by atoms with Crippen LogP contribution in [0.5, 0.6) is 11.5 Å². The number of benzene rings is 1. The summed E-state index contributed by atoms with van der Waals surface area (Å²) < 4.78 is 9.83. The van der Waals surface area contributed by atoms with Gasteiger partial charge in [-0.1, -0.05) is 6.07 Å². The van der Waals surface area contributed by atoms with Crippen molar-refractivity contribution in [3.05, 3.63) is 23.8 Å². The summed E-state index contributed by atoms with van der Waals surface area (Å²) >= 11 is 0. The predicted molar refractivity (Wildman–Crippen MR) is 59.0 cm³/mol. The largest absolute Gasteiger partial charge is 0.504 e. The van der Waals surface area contributed by atoms with Crippen molar-refractivity contribution in [3.63, 3.8) is 0 Å². The highest BCUT2D eigenvalue weighted by molar-refractivity contribution is 5.84. The first kappa shape index (κ1) is 11.5. The lowest BCUT2D eigenvalue weighted by Crippen LogP contribution is -1.94. The van der Waals surface area contributed by atoms with Gasteiger partial charge in [-0.2, -0.15) is 0 Å². The van der Waals surface area contributed by atoms with Crippen molar-refractivity contribution < 1.29 is 14.6 Å². The minimum Gasteiger partial charge on any atom is -0.504 e. The van der Waals surface area contributed by atoms with E-state index in [2.05, 4.69) is 4.99 Å². The Balaban J connectivity index is 2.72. The predicted octanol–water partition coefficient (Wildman–Crippen LogP) is 1.47. The number of rotatable bonds is 5. The van der Waals surface area contributed by atoms with E-state index in [0.29, 0.717) is 24.5 Å². The zero-order valence-corrected chi connectivity index (χ0v) is 8.93. The van der Waals surface area contributed by atoms with Crippen molar-refractivity contribution in [1.82, 2.24) is 0 Å². The van der Waals surface area contributed by atoms with Crippen LogP contribution in [-0.2, 0) is 4.74 Å². The number of methoxy groups -OCH3 is 2. The Bertz CT molecular complexity index is 337. The summed E-state index contributed by atoms with van der Waals surface area (Å²) in [6.45, 7) is 1.15. The molecule has 0 aliphatic rings. The summed E-state index contributed by atoms with van der Waals surface area (Å²) in [4.78, 5) is 4.10. The van der Waals surface area contributed by atoms with E-state index < -0.39 is 0 Å². The topological polar surface area (TPSA) is 51.0 Å². The van der Waals surface area contributed by atoms with Crippen LogP contribution >= 0.6 is 0 Å². The van der Waals surface area contributed by atoms with Crippen LogP contribution in [0.15, 0.2) is 23.2 Å². The molecule has 0 saturated carbocycles. The summed E-state index contributed by atoms with van der Waals surface area (Å²) in [5, 5.41) is 9.70. The molecular weight excluding hydrogens is 194 g/mol. The monoisotopic (exact) mass is 209 g/mol. The normalized spacial score (nSPS) is 10.8. The fourth-order valence-corrected chi connectivity index (χ4v) is 1.12. The molecule has 1 N–H and O–H groups in total. The average Bonchev–Trinajstić information content (AvgIpc) is 2.26. The fourth-order valence-electron chi connectivity index (χ4n) is 1.12. The lowest BCUT2D eigenvalue weighted by molar-refractivity contribution is 0.208. The van der Waals surface area contributed by atoms with E-state index in [1.807, 2.05) is 0 Å². The van der Waals surface area contributed by atoms with E-state index in [1.54, 1.807) is 31.5 Å². The van der Waals surface area contributed by atoms with Crippen molar-refractivity contribution in [2.75, 3.05) is 27.4 Å². The Hall–Kier alpha value is -1.55. The van der Waals surface area contributed by atoms with Crippen molar-refractivity contribution in [2.45, 2.75) is 0 Å². The molecule has 82 valence electrons. The molecule has 1 rings (SSSR count). The van der Waals surface area contributed by atoms with Crippen LogP contribution in [0.25, 0.3) is 0 Å². The molecule has 4 nitrogen and oxygen atoms in total. The van der Waals surface area contributed by atoms with E-state index >= 15 is 0 Å². The van der Waals surface area contributed by atoms with E-state index in [-0.39, 0.29) is 5.75 Å². The first-order valence-electron chi connectivity index (χ1n) is 4.64. The molecule has 1 aromatic rings. The molecular formula is C11H15NO3. The highest BCUT2D eigenvalue weighted by atomic mass is 16.5. The standard InChI is InChI=1S/C11H15NO3/c1-14-7-6-12-8-9-4-3-5-10(15-2)11(9)13/h3-5,8,13H,6-7H2,1-2H3. The number of aromatic hydroxyl groups is 1. The first-order chi connectivity index (χ1) is 7.29. The Labute approximate surface area is 89.2 Å². The third-order valence-corrected chi connectivity index (χ3v) is 1.91. The minimum absolute atomic E-state index is 0.112. The number of hydrogen-bond donors (Lipinski definition) is 1. The number of para-hydroxylation sites is 1. The van der Waals surface area contributed by atoms with Gasteiger partial charge in [0.1, 0.15) is 0 Å². The van der Waals surface area contributed by atoms with Gasteiger partial charge in [0, 0.05) is 18.9 Å². The van der Waals surface area contributed by atoms with Crippen molar-refractivity contribution >= 4 is 6.21 Å². The second-order valence-electron chi connectivity index (χ2n) is 2.93. The second kappa shape index (κ2) is 6.03. The number of aliphatic imine (C=N–C) groups is 1. The first-order valence-corrected chi connectivity index (χ1v) is 4.64. The van der Waals surface area contributed by atoms with Gasteiger partial charge in [-0.05, 0) is 12.1 Å². The minimum atomic E-state index is 0.112. The van der Waals surface area contributed by atoms with Crippen LogP contribution in [0.2, 0.25) is 0 Å². The van der Waals surface area contributed by atoms with Crippen LogP contribution < -0.4 is 4.74 Å². The van der Waals surface area contributed by atoms with Gasteiger partial charge >= 0.3 is 0 Å². The maximum absolute atomic E-state index is 9.70. The molecule has 0 fully saturated rings. The Morgan fingerprint density at radius 1 is 1.40 bits per heavy atom. The van der Waals surface area contributed by atoms with Gasteiger partial charge in [0.15, 0.2) is 11.5 Å². The lowest BCUT2D eigenvalue weighted by Gasteiger charge is -2.04. The molecule has 1 aromatic carbocycles. The van der Waals surface area contributed by atoms with Crippen LogP contribution in [0.4, 0.5) is 0 Å². The van der Waals surface area contributed by atoms with Gasteiger partial charge in [-0.15, -0.1) is 0 Å². The Morgan fingerprint density at radius 2 is 2.20 bits per heavy atom. The Morgan fingerprint density at radius 3 is 2.87 bits per heavy atom. The van der Waals surface area contributed by atoms with Crippen LogP contribution in [0, 0.1) is 0 Å². The molecule has 4 heteroatoms. The SMILES string of the molecule is COCCN=Cc1cccc(OC)c1O. The van der Waals surface area contributed by atoms with Crippen LogP contribution in [0.1, 0.15) is 5.56 Å². The van der Waals surface area contributed by atoms with E-state index in [0.717, 1.165) is 0 Å². The number of phenolic OH excluding ortho intramolecular Hbond substituents is 1. The summed E-state index contributed by atoms with van der Waals surface area (Å²) in [7, 11) is 3.14. The molecule has 0 heterocycles. The van der Waals surface area contributed by atoms with Crippen molar-refractivity contribution in [1.29, 1.82) is 0 Å². The summed E-state index contributed by atoms with van der Waals surface area (Å²) in [5.74, 6) is 0.562. The number of hydrogen-bond acceptors (Lipinski definition) is 4. The highest BCUT2D eigenvalue weighted by Gasteiger charge is 2.03. The third-order valence-electron chi connectivity index (χ3n) is 1.91. The summed E-state index contributed by atoms with van der Waals surface area (Å²) in [5.41, 5.74) is 0.644. The van der Waals surface area contributed by atoms with E-state index in [1.165, 1.54) is 7.11 Å². The molecule has 0 aliphatic carbocycles. The van der Waals surface area contributed by atoms with Gasteiger partial charge in [-0.25, -0.2) is 0 Å². The van der Waals surface area contributed by atoms with Gasteiger partial charge < -0.3 is 14.6 Å². The van der Waals surface area contributed by atoms with E-state index in [4.69, 9.17) is 9.47 Å². The zero-order chi connectivity index (χ0) is 11.1. The maximum atomic E-state index is 9.70.